The molecule has 3 aliphatic heterocycles. The molecule has 0 aliphatic carbocycles. The molecule has 4 heterocycles. The fraction of sp³-hybridized carbons (Fsp3) is 0.278. The molecule has 3 aliphatic rings. The number of amides is 2. The lowest BCUT2D eigenvalue weighted by Crippen LogP contribution is -2.22. The molecular weight excluding hydrogens is 861 g/mol. The van der Waals surface area contributed by atoms with Crippen molar-refractivity contribution in [2.75, 3.05) is 33.2 Å². The standard InChI is InChI=1S/C18H18N4O2.2C18H19NO3/c1-23-16-11-15-14(8-5-9-22-18(15)19-20-21-22)10-17(16)24-12-13-6-3-2-4-7-13;1-21-16-11-15-14(8-5-9-19-18(15)20)10-17(16)22-12-13-6-3-2-4-7-13;1-21-16-11-15-14(8-5-9-18(20)19-15)10-17(16)22-12-13-6-3-2-4-7-13/h2-4,6-7,10-11H,5,8-9,12H2,1H3;2*2-4,6-7,10-11H,5,8-9,12H2,1H3,(H,19,20). The number of nitrogens with zero attached hydrogens (tertiary/aromatic N) is 4. The van der Waals surface area contributed by atoms with Gasteiger partial charge in [0.25, 0.3) is 5.91 Å². The van der Waals surface area contributed by atoms with Crippen LogP contribution in [-0.2, 0) is 50.4 Å². The lowest BCUT2D eigenvalue weighted by Gasteiger charge is -2.15. The number of hydrogen-bond acceptors (Lipinski definition) is 11. The van der Waals surface area contributed by atoms with Crippen LogP contribution in [0.15, 0.2) is 127 Å². The normalized spacial score (nSPS) is 13.5. The highest BCUT2D eigenvalue weighted by Crippen LogP contribution is 2.39. The van der Waals surface area contributed by atoms with E-state index < -0.39 is 0 Å². The molecule has 10 rings (SSSR count). The van der Waals surface area contributed by atoms with Gasteiger partial charge in [0.2, 0.25) is 5.91 Å². The summed E-state index contributed by atoms with van der Waals surface area (Å²) in [5, 5.41) is 17.8. The first kappa shape index (κ1) is 46.7. The van der Waals surface area contributed by atoms with Crippen LogP contribution in [0.3, 0.4) is 0 Å². The molecule has 350 valence electrons. The van der Waals surface area contributed by atoms with Gasteiger partial charge in [-0.3, -0.25) is 9.59 Å². The van der Waals surface area contributed by atoms with Crippen molar-refractivity contribution in [2.45, 2.75) is 71.3 Å². The zero-order valence-electron chi connectivity index (χ0n) is 38.7. The molecule has 68 heavy (non-hydrogen) atoms. The van der Waals surface area contributed by atoms with E-state index in [2.05, 4.69) is 32.2 Å². The van der Waals surface area contributed by atoms with E-state index in [9.17, 15) is 9.59 Å². The number of ether oxygens (including phenoxy) is 6. The van der Waals surface area contributed by atoms with Gasteiger partial charge in [-0.1, -0.05) is 91.0 Å². The van der Waals surface area contributed by atoms with Gasteiger partial charge in [0.15, 0.2) is 40.3 Å². The molecule has 6 aromatic carbocycles. The van der Waals surface area contributed by atoms with E-state index in [1.165, 1.54) is 5.56 Å². The molecule has 0 unspecified atom stereocenters. The van der Waals surface area contributed by atoms with Crippen molar-refractivity contribution >= 4 is 17.5 Å². The third-order valence-electron chi connectivity index (χ3n) is 11.7. The first-order valence-corrected chi connectivity index (χ1v) is 22.9. The Kier molecular flexibility index (Phi) is 15.8. The molecule has 0 atom stereocenters. The first-order valence-electron chi connectivity index (χ1n) is 22.9. The number of fused-ring (bicyclic) bond motifs is 5. The van der Waals surface area contributed by atoms with Crippen LogP contribution in [0.5, 0.6) is 34.5 Å². The van der Waals surface area contributed by atoms with Gasteiger partial charge in [0.05, 0.1) is 21.3 Å². The third-order valence-corrected chi connectivity index (χ3v) is 11.7. The number of benzene rings is 6. The second-order valence-corrected chi connectivity index (χ2v) is 16.4. The molecule has 0 bridgehead atoms. The molecule has 0 saturated heterocycles. The number of aryl methyl sites for hydroxylation is 4. The number of anilines is 1. The predicted octanol–water partition coefficient (Wildman–Crippen LogP) is 9.37. The summed E-state index contributed by atoms with van der Waals surface area (Å²) in [5.74, 6) is 4.86. The summed E-state index contributed by atoms with van der Waals surface area (Å²) in [5.41, 5.74) is 9.14. The van der Waals surface area contributed by atoms with Crippen molar-refractivity contribution in [2.24, 2.45) is 0 Å². The second kappa shape index (κ2) is 23.0. The largest absolute Gasteiger partial charge is 0.493 e. The number of methoxy groups -OCH3 is 3. The summed E-state index contributed by atoms with van der Waals surface area (Å²) in [6.45, 7) is 2.99. The zero-order chi connectivity index (χ0) is 47.1. The molecule has 0 fully saturated rings. The number of carbonyl (C=O) groups is 2. The highest BCUT2D eigenvalue weighted by atomic mass is 16.5. The predicted molar refractivity (Wildman–Crippen MR) is 259 cm³/mol. The Balaban J connectivity index is 0.000000138. The maximum Gasteiger partial charge on any atom is 0.251 e. The van der Waals surface area contributed by atoms with E-state index in [0.717, 1.165) is 95.7 Å². The van der Waals surface area contributed by atoms with Crippen LogP contribution in [0, 0.1) is 0 Å². The maximum atomic E-state index is 12.1. The van der Waals surface area contributed by atoms with E-state index >= 15 is 0 Å². The molecule has 0 spiro atoms. The highest BCUT2D eigenvalue weighted by Gasteiger charge is 2.22. The second-order valence-electron chi connectivity index (χ2n) is 16.4. The highest BCUT2D eigenvalue weighted by molar-refractivity contribution is 5.97. The summed E-state index contributed by atoms with van der Waals surface area (Å²) in [6, 6.07) is 41.6. The monoisotopic (exact) mass is 916 g/mol. The van der Waals surface area contributed by atoms with Crippen LogP contribution in [-0.4, -0.2) is 59.9 Å². The van der Waals surface area contributed by atoms with E-state index in [1.54, 1.807) is 27.4 Å². The van der Waals surface area contributed by atoms with Crippen LogP contribution >= 0.6 is 0 Å². The van der Waals surface area contributed by atoms with Crippen LogP contribution in [0.4, 0.5) is 5.69 Å². The van der Waals surface area contributed by atoms with Crippen LogP contribution in [0.25, 0.3) is 11.4 Å². The first-order chi connectivity index (χ1) is 33.4. The number of hydrogen-bond donors (Lipinski definition) is 2. The molecule has 0 radical (unpaired) electrons. The Labute approximate surface area is 396 Å². The van der Waals surface area contributed by atoms with Crippen molar-refractivity contribution in [1.82, 2.24) is 25.5 Å². The Morgan fingerprint density at radius 1 is 0.529 bits per heavy atom. The van der Waals surface area contributed by atoms with Gasteiger partial charge in [-0.15, -0.1) is 5.10 Å². The molecule has 14 nitrogen and oxygen atoms in total. The van der Waals surface area contributed by atoms with Crippen molar-refractivity contribution in [3.63, 3.8) is 0 Å². The number of rotatable bonds is 12. The van der Waals surface area contributed by atoms with Crippen LogP contribution < -0.4 is 39.1 Å². The Morgan fingerprint density at radius 2 is 1.01 bits per heavy atom. The van der Waals surface area contributed by atoms with E-state index in [4.69, 9.17) is 28.4 Å². The van der Waals surface area contributed by atoms with Crippen molar-refractivity contribution < 1.29 is 38.0 Å². The smallest absolute Gasteiger partial charge is 0.251 e. The molecular formula is C54H56N6O8. The Morgan fingerprint density at radius 3 is 1.57 bits per heavy atom. The molecule has 1 aromatic heterocycles. The van der Waals surface area contributed by atoms with Crippen molar-refractivity contribution in [3.05, 3.63) is 166 Å². The fourth-order valence-electron chi connectivity index (χ4n) is 8.18. The van der Waals surface area contributed by atoms with Gasteiger partial charge in [-0.05, 0) is 113 Å². The SMILES string of the molecule is COc1cc2c(cc1OCc1ccccc1)CCCC(=O)N2.COc1cc2c(cc1OCc1ccccc1)CCCNC2=O.COc1cc2c(cc1OCc1ccccc1)CCCn1nnnc1-2. The van der Waals surface area contributed by atoms with E-state index in [-0.39, 0.29) is 11.8 Å². The molecule has 2 amide bonds. The average Bonchev–Trinajstić information content (AvgIpc) is 3.56. The number of aromatic nitrogens is 4. The minimum atomic E-state index is -0.0413. The minimum absolute atomic E-state index is 0.0413. The number of nitrogens with one attached hydrogen (secondary N) is 2. The van der Waals surface area contributed by atoms with Gasteiger partial charge in [-0.2, -0.15) is 0 Å². The van der Waals surface area contributed by atoms with Crippen LogP contribution in [0.2, 0.25) is 0 Å². The Bertz CT molecular complexity index is 2780. The molecule has 2 N–H and O–H groups in total. The molecule has 14 heteroatoms. The summed E-state index contributed by atoms with van der Waals surface area (Å²) < 4.78 is 36.0. The Hall–Kier alpha value is -7.87. The van der Waals surface area contributed by atoms with Crippen molar-refractivity contribution in [3.8, 4) is 45.9 Å². The van der Waals surface area contributed by atoms with Gasteiger partial charge >= 0.3 is 0 Å². The third kappa shape index (κ3) is 11.9. The maximum absolute atomic E-state index is 12.1. The van der Waals surface area contributed by atoms with E-state index in [1.807, 2.05) is 120 Å². The van der Waals surface area contributed by atoms with Gasteiger partial charge in [0, 0.05) is 42.4 Å². The molecule has 0 saturated carbocycles. The number of tetrazole rings is 1. The van der Waals surface area contributed by atoms with Crippen LogP contribution in [0.1, 0.15) is 69.4 Å². The number of carbonyl (C=O) groups excluding carboxylic acids is 2. The quantitative estimate of drug-likeness (QED) is 0.120. The summed E-state index contributed by atoms with van der Waals surface area (Å²) >= 11 is 0. The van der Waals surface area contributed by atoms with E-state index in [0.29, 0.717) is 67.1 Å². The summed E-state index contributed by atoms with van der Waals surface area (Å²) in [4.78, 5) is 23.7. The van der Waals surface area contributed by atoms with Gasteiger partial charge < -0.3 is 39.1 Å². The summed E-state index contributed by atoms with van der Waals surface area (Å²) in [6.07, 6.45) is 6.00. The topological polar surface area (TPSA) is 157 Å². The zero-order valence-corrected chi connectivity index (χ0v) is 38.7. The lowest BCUT2D eigenvalue weighted by atomic mass is 10.0. The minimum Gasteiger partial charge on any atom is -0.493 e. The van der Waals surface area contributed by atoms with Crippen molar-refractivity contribution in [1.29, 1.82) is 0 Å². The summed E-state index contributed by atoms with van der Waals surface area (Å²) in [7, 11) is 4.85. The average molecular weight is 917 g/mol. The van der Waals surface area contributed by atoms with Gasteiger partial charge in [0.1, 0.15) is 19.8 Å². The van der Waals surface area contributed by atoms with Gasteiger partial charge in [-0.25, -0.2) is 4.68 Å². The fourth-order valence-corrected chi connectivity index (χ4v) is 8.18. The molecule has 7 aromatic rings. The lowest BCUT2D eigenvalue weighted by molar-refractivity contribution is -0.116.